The van der Waals surface area contributed by atoms with Gasteiger partial charge in [0.1, 0.15) is 30.5 Å². The van der Waals surface area contributed by atoms with Crippen LogP contribution in [0.25, 0.3) is 0 Å². The molecule has 57 heavy (non-hydrogen) atoms. The Balaban J connectivity index is 2.58. The highest BCUT2D eigenvalue weighted by molar-refractivity contribution is 7.80. The first kappa shape index (κ1) is 53.6. The van der Waals surface area contributed by atoms with Gasteiger partial charge in [0, 0.05) is 0 Å². The minimum Gasteiger partial charge on any atom is -0.394 e. The summed E-state index contributed by atoms with van der Waals surface area (Å²) in [6.45, 7) is 3.14. The highest BCUT2D eigenvalue weighted by atomic mass is 32.3. The third-order valence-electron chi connectivity index (χ3n) is 10.6. The van der Waals surface area contributed by atoms with Crippen LogP contribution in [0.4, 0.5) is 0 Å². The zero-order valence-electron chi connectivity index (χ0n) is 35.3. The van der Waals surface area contributed by atoms with Crippen molar-refractivity contribution in [3.63, 3.8) is 0 Å². The number of aliphatic hydroxyl groups is 5. The maximum atomic E-state index is 13.0. The van der Waals surface area contributed by atoms with Gasteiger partial charge >= 0.3 is 10.4 Å². The third-order valence-corrected chi connectivity index (χ3v) is 11.0. The lowest BCUT2D eigenvalue weighted by molar-refractivity contribution is -0.298. The molecule has 0 aromatic heterocycles. The Morgan fingerprint density at radius 1 is 0.702 bits per heavy atom. The first-order chi connectivity index (χ1) is 27.4. The van der Waals surface area contributed by atoms with Crippen molar-refractivity contribution in [2.75, 3.05) is 13.2 Å². The molecule has 1 rings (SSSR count). The van der Waals surface area contributed by atoms with E-state index in [0.29, 0.717) is 12.8 Å². The molecule has 0 aliphatic carbocycles. The van der Waals surface area contributed by atoms with Gasteiger partial charge in [-0.25, -0.2) is 4.18 Å². The van der Waals surface area contributed by atoms with E-state index in [1.54, 1.807) is 0 Å². The van der Waals surface area contributed by atoms with Gasteiger partial charge in [-0.15, -0.1) is 0 Å². The molecule has 14 heteroatoms. The standard InChI is InChI=1S/C43H81NO12S/c1-3-5-7-9-11-13-14-15-16-17-18-19-20-21-22-24-25-27-29-31-36(46)35(44-42(50)37(47)32-30-28-26-23-12-10-8-6-4-2)34-54-43-40(49)41(56-57(51,52)53)39(48)38(33-45)55-43/h10,12,29,31,35-41,43,45-49H,3-9,11,13-28,30,32-34H2,1-2H3,(H,44,50)(H,51,52,53)/b12-10-,31-29+. The van der Waals surface area contributed by atoms with Crippen molar-refractivity contribution < 1.29 is 57.0 Å². The topological polar surface area (TPSA) is 212 Å². The van der Waals surface area contributed by atoms with E-state index >= 15 is 0 Å². The van der Waals surface area contributed by atoms with Crippen LogP contribution in [0.1, 0.15) is 181 Å². The van der Waals surface area contributed by atoms with E-state index in [2.05, 4.69) is 35.5 Å². The molecule has 1 saturated heterocycles. The van der Waals surface area contributed by atoms with E-state index in [-0.39, 0.29) is 6.42 Å². The molecular formula is C43H81NO12S. The number of rotatable bonds is 37. The van der Waals surface area contributed by atoms with Crippen LogP contribution in [0, 0.1) is 0 Å². The number of ether oxygens (including phenoxy) is 2. The zero-order chi connectivity index (χ0) is 42.2. The van der Waals surface area contributed by atoms with Crippen LogP contribution in [0.15, 0.2) is 24.3 Å². The second kappa shape index (κ2) is 34.3. The molecule has 1 amide bonds. The van der Waals surface area contributed by atoms with E-state index in [1.165, 1.54) is 96.0 Å². The molecule has 0 aromatic carbocycles. The van der Waals surface area contributed by atoms with E-state index in [9.17, 15) is 38.7 Å². The predicted molar refractivity (Wildman–Crippen MR) is 224 cm³/mol. The molecule has 8 atom stereocenters. The largest absolute Gasteiger partial charge is 0.397 e. The molecule has 0 radical (unpaired) electrons. The Labute approximate surface area is 345 Å². The summed E-state index contributed by atoms with van der Waals surface area (Å²) in [6, 6.07) is -1.12. The SMILES string of the molecule is CCCC/C=C\CCCCCC(O)C(=O)NC(COC1OC(CO)C(O)C(OS(=O)(=O)O)C1O)C(O)/C=C/CCCCCCCCCCCCCCCCCCC. The summed E-state index contributed by atoms with van der Waals surface area (Å²) in [5.41, 5.74) is 0. The van der Waals surface area contributed by atoms with Crippen LogP contribution < -0.4 is 5.32 Å². The molecule has 1 aliphatic heterocycles. The lowest BCUT2D eigenvalue weighted by atomic mass is 9.99. The van der Waals surface area contributed by atoms with Gasteiger partial charge < -0.3 is 40.3 Å². The van der Waals surface area contributed by atoms with Crippen molar-refractivity contribution in [1.29, 1.82) is 0 Å². The molecule has 1 aliphatic rings. The lowest BCUT2D eigenvalue weighted by Gasteiger charge is -2.41. The highest BCUT2D eigenvalue weighted by Crippen LogP contribution is 2.26. The van der Waals surface area contributed by atoms with Crippen LogP contribution in [0.3, 0.4) is 0 Å². The number of carbonyl (C=O) groups is 1. The summed E-state index contributed by atoms with van der Waals surface area (Å²) in [5.74, 6) is -0.718. The maximum Gasteiger partial charge on any atom is 0.397 e. The Morgan fingerprint density at radius 2 is 1.18 bits per heavy atom. The lowest BCUT2D eigenvalue weighted by Crippen LogP contribution is -2.61. The maximum absolute atomic E-state index is 13.0. The first-order valence-electron chi connectivity index (χ1n) is 22.3. The molecule has 1 fully saturated rings. The Bertz CT molecular complexity index is 1140. The van der Waals surface area contributed by atoms with Gasteiger partial charge in [0.05, 0.1) is 25.4 Å². The van der Waals surface area contributed by atoms with Gasteiger partial charge in [-0.05, 0) is 38.5 Å². The van der Waals surface area contributed by atoms with Crippen LogP contribution in [0.2, 0.25) is 0 Å². The molecular weight excluding hydrogens is 755 g/mol. The van der Waals surface area contributed by atoms with Crippen molar-refractivity contribution in [2.45, 2.75) is 230 Å². The molecule has 1 heterocycles. The number of carbonyl (C=O) groups excluding carboxylic acids is 1. The van der Waals surface area contributed by atoms with Crippen LogP contribution >= 0.6 is 0 Å². The summed E-state index contributed by atoms with van der Waals surface area (Å²) in [5, 5.41) is 55.0. The molecule has 13 nitrogen and oxygen atoms in total. The number of amides is 1. The summed E-state index contributed by atoms with van der Waals surface area (Å²) < 4.78 is 47.4. The highest BCUT2D eigenvalue weighted by Gasteiger charge is 2.48. The van der Waals surface area contributed by atoms with Crippen molar-refractivity contribution in [3.05, 3.63) is 24.3 Å². The fourth-order valence-corrected chi connectivity index (χ4v) is 7.48. The van der Waals surface area contributed by atoms with E-state index in [0.717, 1.165) is 57.8 Å². The minimum atomic E-state index is -5.11. The summed E-state index contributed by atoms with van der Waals surface area (Å²) in [7, 11) is -5.11. The number of hydrogen-bond donors (Lipinski definition) is 7. The number of allylic oxidation sites excluding steroid dienone is 3. The van der Waals surface area contributed by atoms with Crippen molar-refractivity contribution in [3.8, 4) is 0 Å². The van der Waals surface area contributed by atoms with Crippen molar-refractivity contribution in [1.82, 2.24) is 5.32 Å². The van der Waals surface area contributed by atoms with Crippen LogP contribution in [-0.4, -0.2) is 107 Å². The predicted octanol–water partition coefficient (Wildman–Crippen LogP) is 7.13. The average molecular weight is 836 g/mol. The quantitative estimate of drug-likeness (QED) is 0.0189. The fourth-order valence-electron chi connectivity index (χ4n) is 6.97. The minimum absolute atomic E-state index is 0.222. The number of aliphatic hydroxyl groups excluding tert-OH is 5. The van der Waals surface area contributed by atoms with Gasteiger partial charge in [0.25, 0.3) is 0 Å². The Hall–Kier alpha value is -1.46. The summed E-state index contributed by atoms with van der Waals surface area (Å²) in [6.07, 6.45) is 25.7. The van der Waals surface area contributed by atoms with Gasteiger partial charge in [0.15, 0.2) is 6.29 Å². The van der Waals surface area contributed by atoms with E-state index in [4.69, 9.17) is 14.0 Å². The number of unbranched alkanes of at least 4 members (excludes halogenated alkanes) is 22. The smallest absolute Gasteiger partial charge is 0.394 e. The van der Waals surface area contributed by atoms with Gasteiger partial charge in [0.2, 0.25) is 5.91 Å². The van der Waals surface area contributed by atoms with Crippen molar-refractivity contribution in [2.24, 2.45) is 0 Å². The van der Waals surface area contributed by atoms with Crippen LogP contribution in [-0.2, 0) is 28.9 Å². The van der Waals surface area contributed by atoms with Gasteiger partial charge in [-0.1, -0.05) is 167 Å². The fraction of sp³-hybridized carbons (Fsp3) is 0.884. The van der Waals surface area contributed by atoms with Gasteiger partial charge in [-0.3, -0.25) is 9.35 Å². The first-order valence-corrected chi connectivity index (χ1v) is 23.7. The third kappa shape index (κ3) is 27.1. The Kier molecular flexibility index (Phi) is 32.2. The second-order valence-electron chi connectivity index (χ2n) is 15.8. The average Bonchev–Trinajstić information content (AvgIpc) is 3.18. The monoisotopic (exact) mass is 836 g/mol. The van der Waals surface area contributed by atoms with Crippen molar-refractivity contribution >= 4 is 16.3 Å². The van der Waals surface area contributed by atoms with E-state index < -0.39 is 78.5 Å². The molecule has 336 valence electrons. The molecule has 7 N–H and O–H groups in total. The Morgan fingerprint density at radius 3 is 1.68 bits per heavy atom. The molecule has 0 spiro atoms. The normalized spacial score (nSPS) is 22.0. The van der Waals surface area contributed by atoms with E-state index in [1.807, 2.05) is 6.08 Å². The molecule has 0 bridgehead atoms. The number of nitrogens with one attached hydrogen (secondary N) is 1. The molecule has 0 saturated carbocycles. The molecule has 8 unspecified atom stereocenters. The summed E-state index contributed by atoms with van der Waals surface area (Å²) >= 11 is 0. The second-order valence-corrected chi connectivity index (χ2v) is 16.8. The van der Waals surface area contributed by atoms with Gasteiger partial charge in [-0.2, -0.15) is 8.42 Å². The number of hydrogen-bond acceptors (Lipinski definition) is 11. The summed E-state index contributed by atoms with van der Waals surface area (Å²) in [4.78, 5) is 13.0. The zero-order valence-corrected chi connectivity index (χ0v) is 36.1. The molecule has 0 aromatic rings. The van der Waals surface area contributed by atoms with Crippen LogP contribution in [0.5, 0.6) is 0 Å².